The minimum absolute atomic E-state index is 0.395. The fourth-order valence-corrected chi connectivity index (χ4v) is 2.72. The second kappa shape index (κ2) is 8.10. The van der Waals surface area contributed by atoms with Crippen LogP contribution in [0.5, 0.6) is 5.75 Å². The number of carbonyl (C=O) groups is 1. The first-order valence-electron chi connectivity index (χ1n) is 6.67. The third-order valence-electron chi connectivity index (χ3n) is 2.77. The third-order valence-corrected chi connectivity index (χ3v) is 4.05. The van der Waals surface area contributed by atoms with Crippen molar-refractivity contribution in [3.05, 3.63) is 28.8 Å². The first kappa shape index (κ1) is 15.9. The summed E-state index contributed by atoms with van der Waals surface area (Å²) < 4.78 is 5.82. The molecule has 19 heavy (non-hydrogen) atoms. The van der Waals surface area contributed by atoms with Crippen LogP contribution in [-0.4, -0.2) is 24.0 Å². The van der Waals surface area contributed by atoms with Gasteiger partial charge in [-0.25, -0.2) is 0 Å². The van der Waals surface area contributed by atoms with E-state index in [4.69, 9.17) is 10.5 Å². The fourth-order valence-electron chi connectivity index (χ4n) is 1.90. The van der Waals surface area contributed by atoms with Crippen LogP contribution in [0.1, 0.15) is 41.3 Å². The van der Waals surface area contributed by atoms with Crippen LogP contribution in [0.3, 0.4) is 0 Å². The summed E-state index contributed by atoms with van der Waals surface area (Å²) >= 11 is 1.96. The summed E-state index contributed by atoms with van der Waals surface area (Å²) in [6.45, 7) is 6.80. The van der Waals surface area contributed by atoms with Crippen LogP contribution in [0.25, 0.3) is 0 Å². The average molecular weight is 281 g/mol. The highest BCUT2D eigenvalue weighted by molar-refractivity contribution is 7.99. The summed E-state index contributed by atoms with van der Waals surface area (Å²) in [5, 5.41) is 0. The Bertz CT molecular complexity index is 409. The summed E-state index contributed by atoms with van der Waals surface area (Å²) in [6.07, 6.45) is 2.26. The van der Waals surface area contributed by atoms with Crippen LogP contribution in [0.4, 0.5) is 0 Å². The number of nitrogens with two attached hydrogens (primary N) is 1. The van der Waals surface area contributed by atoms with E-state index in [1.807, 2.05) is 25.6 Å². The number of hydrogen-bond acceptors (Lipinski definition) is 3. The van der Waals surface area contributed by atoms with Gasteiger partial charge in [-0.05, 0) is 61.5 Å². The maximum Gasteiger partial charge on any atom is 0.248 e. The lowest BCUT2D eigenvalue weighted by atomic mass is 10.1. The molecule has 0 unspecified atom stereocenters. The Morgan fingerprint density at radius 2 is 1.89 bits per heavy atom. The molecule has 3 nitrogen and oxygen atoms in total. The number of hydrogen-bond donors (Lipinski definition) is 1. The van der Waals surface area contributed by atoms with Crippen molar-refractivity contribution in [1.29, 1.82) is 0 Å². The molecule has 0 saturated heterocycles. The van der Waals surface area contributed by atoms with Gasteiger partial charge in [0.2, 0.25) is 5.91 Å². The van der Waals surface area contributed by atoms with Gasteiger partial charge < -0.3 is 10.5 Å². The zero-order valence-corrected chi connectivity index (χ0v) is 12.8. The lowest BCUT2D eigenvalue weighted by Crippen LogP contribution is -2.12. The molecule has 0 spiro atoms. The largest absolute Gasteiger partial charge is 0.493 e. The summed E-state index contributed by atoms with van der Waals surface area (Å²) in [6, 6.07) is 3.58. The van der Waals surface area contributed by atoms with Crippen molar-refractivity contribution in [1.82, 2.24) is 0 Å². The van der Waals surface area contributed by atoms with Crippen molar-refractivity contribution in [2.45, 2.75) is 33.6 Å². The van der Waals surface area contributed by atoms with E-state index in [2.05, 4.69) is 6.92 Å². The fraction of sp³-hybridized carbons (Fsp3) is 0.533. The van der Waals surface area contributed by atoms with Gasteiger partial charge in [-0.15, -0.1) is 0 Å². The molecule has 2 N–H and O–H groups in total. The number of benzene rings is 1. The van der Waals surface area contributed by atoms with E-state index in [-0.39, 0.29) is 0 Å². The third kappa shape index (κ3) is 5.15. The first-order chi connectivity index (χ1) is 9.06. The molecule has 0 saturated carbocycles. The van der Waals surface area contributed by atoms with Crippen LogP contribution in [0, 0.1) is 13.8 Å². The molecule has 1 aromatic rings. The average Bonchev–Trinajstić information content (AvgIpc) is 2.35. The smallest absolute Gasteiger partial charge is 0.248 e. The van der Waals surface area contributed by atoms with Crippen LogP contribution >= 0.6 is 11.8 Å². The number of thioether (sulfide) groups is 1. The zero-order valence-electron chi connectivity index (χ0n) is 12.0. The number of rotatable bonds is 8. The molecule has 0 aliphatic heterocycles. The summed E-state index contributed by atoms with van der Waals surface area (Å²) in [5.41, 5.74) is 7.76. The second-order valence-electron chi connectivity index (χ2n) is 4.62. The normalized spacial score (nSPS) is 10.5. The zero-order chi connectivity index (χ0) is 14.3. The Balaban J connectivity index is 2.52. The van der Waals surface area contributed by atoms with Gasteiger partial charge in [0.1, 0.15) is 5.75 Å². The molecule has 0 aromatic heterocycles. The molecule has 106 valence electrons. The molecular formula is C15H23NO2S. The molecule has 0 atom stereocenters. The van der Waals surface area contributed by atoms with E-state index in [0.29, 0.717) is 12.2 Å². The maximum atomic E-state index is 11.2. The monoisotopic (exact) mass is 281 g/mol. The molecule has 0 radical (unpaired) electrons. The lowest BCUT2D eigenvalue weighted by molar-refractivity contribution is 0.1000. The van der Waals surface area contributed by atoms with Crippen molar-refractivity contribution in [2.24, 2.45) is 5.73 Å². The van der Waals surface area contributed by atoms with Crippen LogP contribution in [-0.2, 0) is 0 Å². The second-order valence-corrected chi connectivity index (χ2v) is 5.84. The van der Waals surface area contributed by atoms with Crippen molar-refractivity contribution in [3.8, 4) is 5.75 Å². The van der Waals surface area contributed by atoms with Gasteiger partial charge >= 0.3 is 0 Å². The highest BCUT2D eigenvalue weighted by Crippen LogP contribution is 2.25. The van der Waals surface area contributed by atoms with Gasteiger partial charge in [0.25, 0.3) is 0 Å². The molecule has 0 bridgehead atoms. The van der Waals surface area contributed by atoms with Gasteiger partial charge in [0.15, 0.2) is 0 Å². The molecular weight excluding hydrogens is 258 g/mol. The topological polar surface area (TPSA) is 52.3 Å². The van der Waals surface area contributed by atoms with Crippen molar-refractivity contribution in [3.63, 3.8) is 0 Å². The molecule has 0 aliphatic carbocycles. The Kier molecular flexibility index (Phi) is 6.78. The molecule has 0 fully saturated rings. The van der Waals surface area contributed by atoms with Gasteiger partial charge in [-0.2, -0.15) is 11.8 Å². The molecule has 4 heteroatoms. The molecule has 0 heterocycles. The number of ether oxygens (including phenoxy) is 1. The van der Waals surface area contributed by atoms with E-state index in [1.165, 1.54) is 12.2 Å². The number of aryl methyl sites for hydroxylation is 2. The minimum atomic E-state index is -0.395. The Morgan fingerprint density at radius 1 is 1.26 bits per heavy atom. The van der Waals surface area contributed by atoms with E-state index in [1.54, 1.807) is 12.1 Å². The highest BCUT2D eigenvalue weighted by Gasteiger charge is 2.09. The Hall–Kier alpha value is -1.16. The molecule has 1 aromatic carbocycles. The van der Waals surface area contributed by atoms with Gasteiger partial charge in [0.05, 0.1) is 6.61 Å². The van der Waals surface area contributed by atoms with Crippen LogP contribution in [0.15, 0.2) is 12.1 Å². The van der Waals surface area contributed by atoms with Crippen molar-refractivity contribution < 1.29 is 9.53 Å². The van der Waals surface area contributed by atoms with Gasteiger partial charge in [-0.1, -0.05) is 6.92 Å². The van der Waals surface area contributed by atoms with E-state index < -0.39 is 5.91 Å². The highest BCUT2D eigenvalue weighted by atomic mass is 32.2. The first-order valence-corrected chi connectivity index (χ1v) is 7.83. The predicted octanol–water partition coefficient (Wildman–Crippen LogP) is 3.31. The minimum Gasteiger partial charge on any atom is -0.493 e. The SMILES string of the molecule is CCCSCCCOc1c(C)cc(C(N)=O)cc1C. The number of primary amides is 1. The van der Waals surface area contributed by atoms with Gasteiger partial charge in [-0.3, -0.25) is 4.79 Å². The van der Waals surface area contributed by atoms with Crippen molar-refractivity contribution >= 4 is 17.7 Å². The predicted molar refractivity (Wildman–Crippen MR) is 82.2 cm³/mol. The lowest BCUT2D eigenvalue weighted by Gasteiger charge is -2.13. The number of carbonyl (C=O) groups excluding carboxylic acids is 1. The van der Waals surface area contributed by atoms with Gasteiger partial charge in [0, 0.05) is 5.56 Å². The summed E-state index contributed by atoms with van der Waals surface area (Å²) in [4.78, 5) is 11.2. The van der Waals surface area contributed by atoms with E-state index in [9.17, 15) is 4.79 Å². The molecule has 0 aliphatic rings. The van der Waals surface area contributed by atoms with Crippen molar-refractivity contribution in [2.75, 3.05) is 18.1 Å². The van der Waals surface area contributed by atoms with Crippen LogP contribution in [0.2, 0.25) is 0 Å². The summed E-state index contributed by atoms with van der Waals surface area (Å²) in [7, 11) is 0. The number of amides is 1. The molecule has 1 rings (SSSR count). The Morgan fingerprint density at radius 3 is 2.42 bits per heavy atom. The summed E-state index contributed by atoms with van der Waals surface area (Å²) in [5.74, 6) is 2.83. The quantitative estimate of drug-likeness (QED) is 0.744. The van der Waals surface area contributed by atoms with E-state index >= 15 is 0 Å². The maximum absolute atomic E-state index is 11.2. The standard InChI is InChI=1S/C15H23NO2S/c1-4-7-19-8-5-6-18-14-11(2)9-13(15(16)17)10-12(14)3/h9-10H,4-8H2,1-3H3,(H2,16,17). The molecule has 1 amide bonds. The van der Waals surface area contributed by atoms with E-state index in [0.717, 1.165) is 29.1 Å². The van der Waals surface area contributed by atoms with Crippen LogP contribution < -0.4 is 10.5 Å². The Labute approximate surface area is 119 Å².